The number of methoxy groups -OCH3 is 1. The predicted molar refractivity (Wildman–Crippen MR) is 89.0 cm³/mol. The Kier molecular flexibility index (Phi) is 6.70. The number of hydrogen-bond donors (Lipinski definition) is 1. The number of nitrogens with zero attached hydrogens (tertiary/aromatic N) is 2. The third-order valence-electron chi connectivity index (χ3n) is 3.80. The van der Waals surface area contributed by atoms with Gasteiger partial charge in [-0.25, -0.2) is 0 Å². The normalized spacial score (nSPS) is 15.2. The van der Waals surface area contributed by atoms with Crippen LogP contribution < -0.4 is 5.32 Å². The second-order valence-corrected chi connectivity index (χ2v) is 7.13. The summed E-state index contributed by atoms with van der Waals surface area (Å²) in [4.78, 5) is 0. The number of rotatable bonds is 7. The first-order valence-electron chi connectivity index (χ1n) is 7.66. The topological polar surface area (TPSA) is 39.1 Å². The Morgan fingerprint density at radius 1 is 1.38 bits per heavy atom. The van der Waals surface area contributed by atoms with E-state index in [4.69, 9.17) is 16.3 Å². The first-order chi connectivity index (χ1) is 9.72. The van der Waals surface area contributed by atoms with Gasteiger partial charge in [-0.2, -0.15) is 5.10 Å². The number of aromatic nitrogens is 2. The van der Waals surface area contributed by atoms with Crippen LogP contribution in [0.15, 0.2) is 0 Å². The smallest absolute Gasteiger partial charge is 0.0847 e. The lowest BCUT2D eigenvalue weighted by atomic mass is 9.83. The van der Waals surface area contributed by atoms with Crippen molar-refractivity contribution in [2.24, 2.45) is 12.5 Å². The molecule has 2 atom stereocenters. The predicted octanol–water partition coefficient (Wildman–Crippen LogP) is 3.35. The van der Waals surface area contributed by atoms with Gasteiger partial charge in [-0.3, -0.25) is 4.68 Å². The molecule has 0 radical (unpaired) electrons. The molecule has 1 heterocycles. The molecule has 5 heteroatoms. The highest BCUT2D eigenvalue weighted by atomic mass is 35.5. The summed E-state index contributed by atoms with van der Waals surface area (Å²) in [5.41, 5.74) is 2.00. The van der Waals surface area contributed by atoms with Crippen LogP contribution in [0.25, 0.3) is 0 Å². The van der Waals surface area contributed by atoms with E-state index in [1.54, 1.807) is 7.11 Å². The van der Waals surface area contributed by atoms with Gasteiger partial charge < -0.3 is 10.1 Å². The van der Waals surface area contributed by atoms with Crippen molar-refractivity contribution in [3.63, 3.8) is 0 Å². The van der Waals surface area contributed by atoms with E-state index in [0.29, 0.717) is 0 Å². The zero-order valence-electron chi connectivity index (χ0n) is 14.5. The molecular formula is C16H30ClN3O. The maximum Gasteiger partial charge on any atom is 0.0847 e. The van der Waals surface area contributed by atoms with Crippen LogP contribution in [0.5, 0.6) is 0 Å². The molecule has 0 bridgehead atoms. The van der Waals surface area contributed by atoms with Gasteiger partial charge in [0.1, 0.15) is 0 Å². The average Bonchev–Trinajstić information content (AvgIpc) is 2.61. The lowest BCUT2D eigenvalue weighted by molar-refractivity contribution is -0.0113. The van der Waals surface area contributed by atoms with E-state index in [-0.39, 0.29) is 17.6 Å². The van der Waals surface area contributed by atoms with Crippen molar-refractivity contribution in [1.82, 2.24) is 15.1 Å². The molecule has 0 aliphatic heterocycles. The molecule has 1 rings (SSSR count). The van der Waals surface area contributed by atoms with Gasteiger partial charge >= 0.3 is 0 Å². The maximum absolute atomic E-state index is 6.40. The molecular weight excluding hydrogens is 286 g/mol. The summed E-state index contributed by atoms with van der Waals surface area (Å²) in [5.74, 6) is 0. The number of nitrogens with one attached hydrogen (secondary N) is 1. The zero-order valence-corrected chi connectivity index (χ0v) is 15.2. The Hall–Kier alpha value is -0.580. The molecule has 1 aromatic heterocycles. The van der Waals surface area contributed by atoms with Gasteiger partial charge in [-0.15, -0.1) is 0 Å². The van der Waals surface area contributed by atoms with Crippen molar-refractivity contribution < 1.29 is 4.74 Å². The second-order valence-electron chi connectivity index (χ2n) is 6.76. The summed E-state index contributed by atoms with van der Waals surface area (Å²) in [6, 6.07) is 0.210. The average molecular weight is 316 g/mol. The fourth-order valence-corrected chi connectivity index (χ4v) is 3.08. The standard InChI is InChI=1S/C16H30ClN3O/c1-8-9-18-12(15(21-7)16(3,4)5)10-13-14(17)11(2)19-20(13)6/h12,15,18H,8-10H2,1-7H3. The van der Waals surface area contributed by atoms with Gasteiger partial charge in [0.25, 0.3) is 0 Å². The van der Waals surface area contributed by atoms with Crippen molar-refractivity contribution in [3.8, 4) is 0 Å². The van der Waals surface area contributed by atoms with Crippen molar-refractivity contribution in [1.29, 1.82) is 0 Å². The molecule has 1 N–H and O–H groups in total. The molecule has 0 saturated carbocycles. The molecule has 4 nitrogen and oxygen atoms in total. The Morgan fingerprint density at radius 3 is 2.38 bits per heavy atom. The number of ether oxygens (including phenoxy) is 1. The summed E-state index contributed by atoms with van der Waals surface area (Å²) >= 11 is 6.40. The van der Waals surface area contributed by atoms with E-state index in [1.807, 2.05) is 18.7 Å². The Bertz CT molecular complexity index is 451. The maximum atomic E-state index is 6.40. The minimum absolute atomic E-state index is 0.0558. The van der Waals surface area contributed by atoms with E-state index in [9.17, 15) is 0 Å². The lowest BCUT2D eigenvalue weighted by Crippen LogP contribution is -2.49. The van der Waals surface area contributed by atoms with Crippen LogP contribution in [0.3, 0.4) is 0 Å². The van der Waals surface area contributed by atoms with Gasteiger partial charge in [0, 0.05) is 26.6 Å². The third-order valence-corrected chi connectivity index (χ3v) is 4.30. The number of hydrogen-bond acceptors (Lipinski definition) is 3. The molecule has 0 amide bonds. The van der Waals surface area contributed by atoms with E-state index in [1.165, 1.54) is 0 Å². The Balaban J connectivity index is 3.02. The minimum Gasteiger partial charge on any atom is -0.379 e. The second kappa shape index (κ2) is 7.61. The molecule has 2 unspecified atom stereocenters. The van der Waals surface area contributed by atoms with E-state index in [0.717, 1.165) is 35.8 Å². The van der Waals surface area contributed by atoms with Gasteiger partial charge in [0.2, 0.25) is 0 Å². The Labute approximate surface area is 134 Å². The van der Waals surface area contributed by atoms with Crippen molar-refractivity contribution >= 4 is 11.6 Å². The molecule has 1 aromatic rings. The molecule has 122 valence electrons. The molecule has 0 aliphatic carbocycles. The van der Waals surface area contributed by atoms with Gasteiger partial charge in [0.05, 0.1) is 22.5 Å². The summed E-state index contributed by atoms with van der Waals surface area (Å²) in [7, 11) is 3.73. The summed E-state index contributed by atoms with van der Waals surface area (Å²) < 4.78 is 7.68. The largest absolute Gasteiger partial charge is 0.379 e. The van der Waals surface area contributed by atoms with Gasteiger partial charge in [0.15, 0.2) is 0 Å². The number of halogens is 1. The quantitative estimate of drug-likeness (QED) is 0.838. The zero-order chi connectivity index (χ0) is 16.2. The van der Waals surface area contributed by atoms with Crippen LogP contribution >= 0.6 is 11.6 Å². The highest BCUT2D eigenvalue weighted by Crippen LogP contribution is 2.28. The highest BCUT2D eigenvalue weighted by Gasteiger charge is 2.33. The lowest BCUT2D eigenvalue weighted by Gasteiger charge is -2.36. The molecule has 0 saturated heterocycles. The summed E-state index contributed by atoms with van der Waals surface area (Å²) in [6.45, 7) is 11.7. The van der Waals surface area contributed by atoms with Crippen molar-refractivity contribution in [2.75, 3.05) is 13.7 Å². The molecule has 0 aromatic carbocycles. The SMILES string of the molecule is CCCNC(Cc1c(Cl)c(C)nn1C)C(OC)C(C)(C)C. The van der Waals surface area contributed by atoms with Crippen LogP contribution in [0.2, 0.25) is 5.02 Å². The van der Waals surface area contributed by atoms with Crippen LogP contribution in [0, 0.1) is 12.3 Å². The van der Waals surface area contributed by atoms with Gasteiger partial charge in [-0.1, -0.05) is 39.3 Å². The first-order valence-corrected chi connectivity index (χ1v) is 8.04. The fourth-order valence-electron chi connectivity index (χ4n) is 2.85. The molecule has 0 aliphatic rings. The van der Waals surface area contributed by atoms with Crippen LogP contribution in [-0.4, -0.2) is 35.6 Å². The number of aryl methyl sites for hydroxylation is 2. The highest BCUT2D eigenvalue weighted by molar-refractivity contribution is 6.31. The third kappa shape index (κ3) is 4.70. The van der Waals surface area contributed by atoms with Gasteiger partial charge in [-0.05, 0) is 25.3 Å². The van der Waals surface area contributed by atoms with Crippen molar-refractivity contribution in [2.45, 2.75) is 59.6 Å². The van der Waals surface area contributed by atoms with Crippen LogP contribution in [0.4, 0.5) is 0 Å². The summed E-state index contributed by atoms with van der Waals surface area (Å²) in [6.07, 6.45) is 2.01. The minimum atomic E-state index is 0.0558. The van der Waals surface area contributed by atoms with Crippen LogP contribution in [-0.2, 0) is 18.2 Å². The van der Waals surface area contributed by atoms with E-state index >= 15 is 0 Å². The fraction of sp³-hybridized carbons (Fsp3) is 0.812. The first kappa shape index (κ1) is 18.5. The molecule has 0 fully saturated rings. The monoisotopic (exact) mass is 315 g/mol. The van der Waals surface area contributed by atoms with Crippen LogP contribution in [0.1, 0.15) is 45.5 Å². The summed E-state index contributed by atoms with van der Waals surface area (Å²) in [5, 5.41) is 8.79. The molecule has 21 heavy (non-hydrogen) atoms. The molecule has 0 spiro atoms. The van der Waals surface area contributed by atoms with E-state index in [2.05, 4.69) is 38.1 Å². The van der Waals surface area contributed by atoms with Crippen molar-refractivity contribution in [3.05, 3.63) is 16.4 Å². The van der Waals surface area contributed by atoms with E-state index < -0.39 is 0 Å². The Morgan fingerprint density at radius 2 is 2.00 bits per heavy atom.